The van der Waals surface area contributed by atoms with Gasteiger partial charge >= 0.3 is 5.97 Å². The summed E-state index contributed by atoms with van der Waals surface area (Å²) in [6.45, 7) is 5.88. The topological polar surface area (TPSA) is 108 Å². The average molecular weight is 345 g/mol. The minimum Gasteiger partial charge on any atom is -0.478 e. The second-order valence-corrected chi connectivity index (χ2v) is 6.54. The van der Waals surface area contributed by atoms with Crippen molar-refractivity contribution in [3.05, 3.63) is 47.3 Å². The Kier molecular flexibility index (Phi) is 5.80. The number of nitrogens with one attached hydrogen (secondary N) is 3. The quantitative estimate of drug-likeness (QED) is 0.628. The van der Waals surface area contributed by atoms with Crippen LogP contribution in [-0.4, -0.2) is 22.9 Å². The first-order valence-corrected chi connectivity index (χ1v) is 8.19. The van der Waals surface area contributed by atoms with E-state index in [1.54, 1.807) is 18.2 Å². The van der Waals surface area contributed by atoms with Crippen molar-refractivity contribution >= 4 is 17.8 Å². The zero-order valence-electron chi connectivity index (χ0n) is 14.5. The molecule has 0 spiro atoms. The highest BCUT2D eigenvalue weighted by Gasteiger charge is 2.26. The standard InChI is InChI=1S/C18H23N3O4/c1-10(2)8-11(3)16(22)20-14-9-19-15(21-17(14)23)12-6-4-5-7-13(12)18(24)25/h4-7,9-11,15,19H,8H2,1-3H3,(H,20,22)(H,21,23)(H,24,25)/t11-,15?/m0/s1. The lowest BCUT2D eigenvalue weighted by Crippen LogP contribution is -2.47. The maximum Gasteiger partial charge on any atom is 0.336 e. The normalized spacial score (nSPS) is 18.0. The van der Waals surface area contributed by atoms with Gasteiger partial charge in [-0.2, -0.15) is 0 Å². The molecule has 2 amide bonds. The molecule has 0 fully saturated rings. The molecule has 7 nitrogen and oxygen atoms in total. The summed E-state index contributed by atoms with van der Waals surface area (Å²) in [6.07, 6.45) is 1.46. The van der Waals surface area contributed by atoms with Crippen LogP contribution in [0.25, 0.3) is 0 Å². The molecule has 0 radical (unpaired) electrons. The molecule has 1 aliphatic heterocycles. The van der Waals surface area contributed by atoms with Gasteiger partial charge in [0.25, 0.3) is 5.91 Å². The number of carboxylic acids is 1. The van der Waals surface area contributed by atoms with Crippen molar-refractivity contribution in [2.45, 2.75) is 33.4 Å². The van der Waals surface area contributed by atoms with Crippen molar-refractivity contribution < 1.29 is 19.5 Å². The summed E-state index contributed by atoms with van der Waals surface area (Å²) in [5.41, 5.74) is 0.662. The first-order valence-electron chi connectivity index (χ1n) is 8.19. The third-order valence-corrected chi connectivity index (χ3v) is 3.95. The van der Waals surface area contributed by atoms with Gasteiger partial charge in [-0.3, -0.25) is 9.59 Å². The number of hydrogen-bond donors (Lipinski definition) is 4. The third kappa shape index (κ3) is 4.59. The van der Waals surface area contributed by atoms with Crippen LogP contribution in [0.5, 0.6) is 0 Å². The Morgan fingerprint density at radius 1 is 1.24 bits per heavy atom. The number of carboxylic acid groups (broad SMARTS) is 1. The number of rotatable bonds is 6. The molecule has 0 bridgehead atoms. The van der Waals surface area contributed by atoms with E-state index in [2.05, 4.69) is 16.0 Å². The Hall–Kier alpha value is -2.83. The van der Waals surface area contributed by atoms with Crippen LogP contribution in [0.1, 0.15) is 49.3 Å². The van der Waals surface area contributed by atoms with Gasteiger partial charge in [0.05, 0.1) is 5.56 Å². The first kappa shape index (κ1) is 18.5. The fourth-order valence-corrected chi connectivity index (χ4v) is 2.76. The van der Waals surface area contributed by atoms with Crippen LogP contribution in [0.15, 0.2) is 36.2 Å². The monoisotopic (exact) mass is 345 g/mol. The number of carbonyl (C=O) groups excluding carboxylic acids is 2. The zero-order valence-corrected chi connectivity index (χ0v) is 14.5. The summed E-state index contributed by atoms with van der Waals surface area (Å²) in [5, 5.41) is 17.5. The van der Waals surface area contributed by atoms with E-state index >= 15 is 0 Å². The van der Waals surface area contributed by atoms with Crippen molar-refractivity contribution in [3.8, 4) is 0 Å². The molecule has 1 aromatic rings. The fraction of sp³-hybridized carbons (Fsp3) is 0.389. The number of carbonyl (C=O) groups is 3. The van der Waals surface area contributed by atoms with Crippen LogP contribution in [0.2, 0.25) is 0 Å². The number of hydrogen-bond acceptors (Lipinski definition) is 4. The maximum absolute atomic E-state index is 12.3. The minimum absolute atomic E-state index is 0.103. The summed E-state index contributed by atoms with van der Waals surface area (Å²) in [5.74, 6) is -1.59. The molecule has 0 saturated heterocycles. The highest BCUT2D eigenvalue weighted by molar-refractivity contribution is 5.99. The molecular formula is C18H23N3O4. The van der Waals surface area contributed by atoms with Crippen molar-refractivity contribution in [2.24, 2.45) is 11.8 Å². The largest absolute Gasteiger partial charge is 0.478 e. The molecule has 1 aliphatic rings. The third-order valence-electron chi connectivity index (χ3n) is 3.95. The van der Waals surface area contributed by atoms with Crippen molar-refractivity contribution in [1.29, 1.82) is 0 Å². The Bertz CT molecular complexity index is 712. The van der Waals surface area contributed by atoms with Gasteiger partial charge < -0.3 is 21.1 Å². The molecule has 0 saturated carbocycles. The molecule has 0 aromatic heterocycles. The van der Waals surface area contributed by atoms with E-state index in [-0.39, 0.29) is 23.1 Å². The van der Waals surface area contributed by atoms with E-state index in [0.717, 1.165) is 6.42 Å². The van der Waals surface area contributed by atoms with Crippen molar-refractivity contribution in [3.63, 3.8) is 0 Å². The molecule has 7 heteroatoms. The number of amides is 2. The molecule has 1 heterocycles. The molecule has 25 heavy (non-hydrogen) atoms. The predicted molar refractivity (Wildman–Crippen MR) is 92.3 cm³/mol. The summed E-state index contributed by atoms with van der Waals surface area (Å²) in [6, 6.07) is 6.42. The first-order chi connectivity index (χ1) is 11.8. The van der Waals surface area contributed by atoms with E-state index in [4.69, 9.17) is 0 Å². The van der Waals surface area contributed by atoms with Gasteiger partial charge in [0, 0.05) is 17.7 Å². The van der Waals surface area contributed by atoms with Gasteiger partial charge in [-0.25, -0.2) is 4.79 Å². The molecule has 2 rings (SSSR count). The van der Waals surface area contributed by atoms with Gasteiger partial charge in [0.2, 0.25) is 5.91 Å². The molecule has 4 N–H and O–H groups in total. The molecule has 0 aliphatic carbocycles. The Labute approximate surface area is 146 Å². The lowest BCUT2D eigenvalue weighted by Gasteiger charge is -2.27. The second kappa shape index (κ2) is 7.83. The summed E-state index contributed by atoms with van der Waals surface area (Å²) in [7, 11) is 0. The fourth-order valence-electron chi connectivity index (χ4n) is 2.76. The van der Waals surface area contributed by atoms with E-state index in [0.29, 0.717) is 11.5 Å². The van der Waals surface area contributed by atoms with E-state index in [1.165, 1.54) is 12.3 Å². The van der Waals surface area contributed by atoms with E-state index in [9.17, 15) is 19.5 Å². The Balaban J connectivity index is 2.10. The average Bonchev–Trinajstić information content (AvgIpc) is 2.55. The highest BCUT2D eigenvalue weighted by atomic mass is 16.4. The minimum atomic E-state index is -1.07. The molecule has 2 atom stereocenters. The molecule has 134 valence electrons. The number of benzene rings is 1. The molecular weight excluding hydrogens is 322 g/mol. The van der Waals surface area contributed by atoms with E-state index < -0.39 is 18.0 Å². The highest BCUT2D eigenvalue weighted by Crippen LogP contribution is 2.19. The van der Waals surface area contributed by atoms with Crippen molar-refractivity contribution in [2.75, 3.05) is 0 Å². The second-order valence-electron chi connectivity index (χ2n) is 6.54. The van der Waals surface area contributed by atoms with Crippen LogP contribution < -0.4 is 16.0 Å². The van der Waals surface area contributed by atoms with Gasteiger partial charge in [0.15, 0.2) is 0 Å². The zero-order chi connectivity index (χ0) is 18.6. The summed E-state index contributed by atoms with van der Waals surface area (Å²) >= 11 is 0. The number of aromatic carboxylic acids is 1. The lowest BCUT2D eigenvalue weighted by atomic mass is 9.98. The van der Waals surface area contributed by atoms with Crippen LogP contribution in [0.3, 0.4) is 0 Å². The molecule has 1 aromatic carbocycles. The van der Waals surface area contributed by atoms with Gasteiger partial charge in [-0.05, 0) is 18.4 Å². The van der Waals surface area contributed by atoms with Gasteiger partial charge in [0.1, 0.15) is 11.9 Å². The van der Waals surface area contributed by atoms with Crippen LogP contribution in [-0.2, 0) is 9.59 Å². The van der Waals surface area contributed by atoms with Crippen LogP contribution in [0.4, 0.5) is 0 Å². The SMILES string of the molecule is CC(C)C[C@H](C)C(=O)NC1=CNC(c2ccccc2C(=O)O)NC1=O. The Morgan fingerprint density at radius 2 is 1.92 bits per heavy atom. The van der Waals surface area contributed by atoms with Crippen molar-refractivity contribution in [1.82, 2.24) is 16.0 Å². The van der Waals surface area contributed by atoms with Crippen LogP contribution in [0, 0.1) is 11.8 Å². The summed E-state index contributed by atoms with van der Waals surface area (Å²) < 4.78 is 0. The summed E-state index contributed by atoms with van der Waals surface area (Å²) in [4.78, 5) is 35.7. The van der Waals surface area contributed by atoms with Crippen LogP contribution >= 0.6 is 0 Å². The van der Waals surface area contributed by atoms with Gasteiger partial charge in [-0.1, -0.05) is 39.0 Å². The maximum atomic E-state index is 12.3. The smallest absolute Gasteiger partial charge is 0.336 e. The lowest BCUT2D eigenvalue weighted by molar-refractivity contribution is -0.127. The Morgan fingerprint density at radius 3 is 2.52 bits per heavy atom. The predicted octanol–water partition coefficient (Wildman–Crippen LogP) is 1.74. The van der Waals surface area contributed by atoms with E-state index in [1.807, 2.05) is 20.8 Å². The van der Waals surface area contributed by atoms with Gasteiger partial charge in [-0.15, -0.1) is 0 Å². The molecule has 1 unspecified atom stereocenters.